The average molecular weight is 514 g/mol. The molecule has 1 saturated carbocycles. The van der Waals surface area contributed by atoms with Gasteiger partial charge in [-0.15, -0.1) is 0 Å². The van der Waals surface area contributed by atoms with Gasteiger partial charge in [-0.05, 0) is 76.8 Å². The highest BCUT2D eigenvalue weighted by molar-refractivity contribution is 6.01. The Bertz CT molecular complexity index is 1040. The van der Waals surface area contributed by atoms with Gasteiger partial charge in [0.05, 0.1) is 24.9 Å². The fourth-order valence-corrected chi connectivity index (χ4v) is 6.39. The zero-order chi connectivity index (χ0) is 26.1. The molecule has 202 valence electrons. The Morgan fingerprint density at radius 3 is 2.70 bits per heavy atom. The van der Waals surface area contributed by atoms with Gasteiger partial charge in [0.25, 0.3) is 5.91 Å². The van der Waals surface area contributed by atoms with Crippen LogP contribution in [0.5, 0.6) is 0 Å². The van der Waals surface area contributed by atoms with Crippen LogP contribution in [0.15, 0.2) is 24.4 Å². The van der Waals surface area contributed by atoms with E-state index in [2.05, 4.69) is 31.1 Å². The summed E-state index contributed by atoms with van der Waals surface area (Å²) in [4.78, 5) is 27.0. The molecule has 37 heavy (non-hydrogen) atoms. The van der Waals surface area contributed by atoms with Crippen molar-refractivity contribution in [3.8, 4) is 0 Å². The normalized spacial score (nSPS) is 30.5. The number of benzene rings is 1. The number of ether oxygens (including phenoxy) is 2. The summed E-state index contributed by atoms with van der Waals surface area (Å²) in [5.74, 6) is -0.862. The van der Waals surface area contributed by atoms with E-state index in [0.29, 0.717) is 60.4 Å². The van der Waals surface area contributed by atoms with E-state index in [0.717, 1.165) is 38.5 Å². The highest BCUT2D eigenvalue weighted by atomic mass is 19.1. The molecule has 4 aliphatic rings. The first-order valence-corrected chi connectivity index (χ1v) is 13.9. The third-order valence-corrected chi connectivity index (χ3v) is 8.29. The van der Waals surface area contributed by atoms with E-state index in [-0.39, 0.29) is 42.4 Å². The second kappa shape index (κ2) is 11.2. The summed E-state index contributed by atoms with van der Waals surface area (Å²) in [6.07, 6.45) is 8.35. The molecule has 2 N–H and O–H groups in total. The highest BCUT2D eigenvalue weighted by Gasteiger charge is 2.40. The fraction of sp³-hybridized carbons (Fsp3) is 0.655. The molecule has 0 bridgehead atoms. The molecule has 3 atom stereocenters. The Morgan fingerprint density at radius 1 is 1.19 bits per heavy atom. The van der Waals surface area contributed by atoms with Crippen molar-refractivity contribution in [1.29, 1.82) is 0 Å². The number of hydrogen-bond donors (Lipinski definition) is 2. The molecule has 0 radical (unpaired) electrons. The lowest BCUT2D eigenvalue weighted by atomic mass is 9.89. The number of allylic oxidation sites excluding steroid dienone is 1. The molecule has 1 unspecified atom stereocenters. The Balaban J connectivity index is 1.23. The first-order chi connectivity index (χ1) is 17.8. The van der Waals surface area contributed by atoms with Crippen LogP contribution in [0.3, 0.4) is 0 Å². The molecule has 3 aliphatic heterocycles. The van der Waals surface area contributed by atoms with Crippen molar-refractivity contribution in [3.05, 3.63) is 46.9 Å². The van der Waals surface area contributed by atoms with Gasteiger partial charge in [-0.25, -0.2) is 4.39 Å². The van der Waals surface area contributed by atoms with E-state index in [4.69, 9.17) is 9.47 Å². The van der Waals surface area contributed by atoms with Gasteiger partial charge in [0.2, 0.25) is 5.91 Å². The van der Waals surface area contributed by atoms with Gasteiger partial charge in [0.15, 0.2) is 0 Å². The number of carbonyl (C=O) groups is 2. The Kier molecular flexibility index (Phi) is 7.98. The first kappa shape index (κ1) is 26.3. The summed E-state index contributed by atoms with van der Waals surface area (Å²) >= 11 is 0. The van der Waals surface area contributed by atoms with E-state index in [1.165, 1.54) is 4.90 Å². The van der Waals surface area contributed by atoms with Crippen LogP contribution < -0.4 is 10.6 Å². The SMILES string of the molecule is C=C1CCC(N2Cc3c(ccc(C[C@H]4OCCC[C@@H]4N[C@H]4CC[C@@H](OC(C)C)CC4)c3F)C2=O)C(=O)N1. The number of fused-ring (bicyclic) bond motifs is 1. The summed E-state index contributed by atoms with van der Waals surface area (Å²) in [5.41, 5.74) is 1.98. The molecule has 1 aromatic rings. The predicted octanol–water partition coefficient (Wildman–Crippen LogP) is 3.99. The van der Waals surface area contributed by atoms with Crippen molar-refractivity contribution in [1.82, 2.24) is 15.5 Å². The lowest BCUT2D eigenvalue weighted by molar-refractivity contribution is -0.126. The smallest absolute Gasteiger partial charge is 0.255 e. The van der Waals surface area contributed by atoms with Gasteiger partial charge < -0.3 is 25.0 Å². The van der Waals surface area contributed by atoms with Crippen LogP contribution in [0, 0.1) is 5.82 Å². The van der Waals surface area contributed by atoms with E-state index in [1.807, 2.05) is 0 Å². The molecule has 1 aromatic carbocycles. The van der Waals surface area contributed by atoms with Crippen molar-refractivity contribution in [2.45, 2.75) is 115 Å². The number of hydrogen-bond acceptors (Lipinski definition) is 5. The van der Waals surface area contributed by atoms with Crippen LogP contribution in [0.4, 0.5) is 4.39 Å². The second-order valence-corrected chi connectivity index (χ2v) is 11.3. The van der Waals surface area contributed by atoms with Gasteiger partial charge in [0.1, 0.15) is 11.9 Å². The lowest BCUT2D eigenvalue weighted by Gasteiger charge is -2.38. The zero-order valence-corrected chi connectivity index (χ0v) is 22.1. The van der Waals surface area contributed by atoms with Crippen molar-refractivity contribution < 1.29 is 23.5 Å². The Morgan fingerprint density at radius 2 is 1.97 bits per heavy atom. The van der Waals surface area contributed by atoms with Crippen molar-refractivity contribution >= 4 is 11.8 Å². The number of carbonyl (C=O) groups excluding carboxylic acids is 2. The third-order valence-electron chi connectivity index (χ3n) is 8.29. The van der Waals surface area contributed by atoms with Gasteiger partial charge in [-0.2, -0.15) is 0 Å². The van der Waals surface area contributed by atoms with Gasteiger partial charge in [0, 0.05) is 41.9 Å². The largest absolute Gasteiger partial charge is 0.376 e. The molecule has 0 aromatic heterocycles. The van der Waals surface area contributed by atoms with Crippen molar-refractivity contribution in [2.75, 3.05) is 6.61 Å². The maximum absolute atomic E-state index is 15.8. The van der Waals surface area contributed by atoms with E-state index >= 15 is 4.39 Å². The molecule has 1 aliphatic carbocycles. The molecule has 7 nitrogen and oxygen atoms in total. The molecule has 2 amide bonds. The number of rotatable bonds is 7. The van der Waals surface area contributed by atoms with E-state index in [1.54, 1.807) is 12.1 Å². The lowest BCUT2D eigenvalue weighted by Crippen LogP contribution is -2.51. The summed E-state index contributed by atoms with van der Waals surface area (Å²) in [6, 6.07) is 3.45. The molecule has 3 fully saturated rings. The minimum atomic E-state index is -0.593. The van der Waals surface area contributed by atoms with Crippen LogP contribution in [0.2, 0.25) is 0 Å². The summed E-state index contributed by atoms with van der Waals surface area (Å²) in [5, 5.41) is 6.55. The van der Waals surface area contributed by atoms with Gasteiger partial charge in [-0.3, -0.25) is 9.59 Å². The number of nitrogens with one attached hydrogen (secondary N) is 2. The second-order valence-electron chi connectivity index (χ2n) is 11.3. The zero-order valence-electron chi connectivity index (χ0n) is 22.1. The Hall–Kier alpha value is -2.29. The monoisotopic (exact) mass is 513 g/mol. The van der Waals surface area contributed by atoms with Crippen LogP contribution >= 0.6 is 0 Å². The van der Waals surface area contributed by atoms with Crippen molar-refractivity contribution in [3.63, 3.8) is 0 Å². The van der Waals surface area contributed by atoms with Crippen molar-refractivity contribution in [2.24, 2.45) is 0 Å². The summed E-state index contributed by atoms with van der Waals surface area (Å²) in [6.45, 7) is 8.78. The van der Waals surface area contributed by atoms with E-state index < -0.39 is 6.04 Å². The van der Waals surface area contributed by atoms with Crippen LogP contribution in [-0.2, 0) is 27.2 Å². The van der Waals surface area contributed by atoms with Crippen LogP contribution in [0.25, 0.3) is 0 Å². The van der Waals surface area contributed by atoms with E-state index in [9.17, 15) is 9.59 Å². The molecule has 0 spiro atoms. The number of piperidine rings is 1. The summed E-state index contributed by atoms with van der Waals surface area (Å²) < 4.78 is 27.9. The molecular formula is C29H40FN3O4. The number of nitrogens with zero attached hydrogens (tertiary/aromatic N) is 1. The maximum atomic E-state index is 15.8. The first-order valence-electron chi connectivity index (χ1n) is 13.9. The quantitative estimate of drug-likeness (QED) is 0.577. The minimum Gasteiger partial charge on any atom is -0.376 e. The molecular weight excluding hydrogens is 473 g/mol. The number of amides is 2. The average Bonchev–Trinajstić information content (AvgIpc) is 3.20. The summed E-state index contributed by atoms with van der Waals surface area (Å²) in [7, 11) is 0. The Labute approximate surface area is 219 Å². The third kappa shape index (κ3) is 5.76. The van der Waals surface area contributed by atoms with Crippen LogP contribution in [0.1, 0.15) is 86.7 Å². The standard InChI is InChI=1S/C29H40FN3O4/c1-17(2)37-21-10-8-20(9-11-21)32-24-5-4-14-36-26(24)15-19-7-12-22-23(27(19)30)16-33(29(22)35)25-13-6-18(3)31-28(25)34/h7,12,17,20-21,24-26,32H,3-6,8-11,13-16H2,1-2H3,(H,31,34)/t20-,21+,24-,25?,26+/m0/s1. The molecule has 5 rings (SSSR count). The molecule has 3 heterocycles. The highest BCUT2D eigenvalue weighted by Crippen LogP contribution is 2.33. The van der Waals surface area contributed by atoms with Crippen LogP contribution in [-0.4, -0.2) is 59.8 Å². The number of halogens is 1. The predicted molar refractivity (Wildman–Crippen MR) is 138 cm³/mol. The maximum Gasteiger partial charge on any atom is 0.255 e. The topological polar surface area (TPSA) is 79.9 Å². The van der Waals surface area contributed by atoms with Gasteiger partial charge >= 0.3 is 0 Å². The fourth-order valence-electron chi connectivity index (χ4n) is 6.39. The molecule has 8 heteroatoms. The van der Waals surface area contributed by atoms with Gasteiger partial charge in [-0.1, -0.05) is 12.6 Å². The minimum absolute atomic E-state index is 0.116. The molecule has 2 saturated heterocycles.